The smallest absolute Gasteiger partial charge is 0.179 e. The largest absolute Gasteiger partial charge is 0.496 e. The lowest BCUT2D eigenvalue weighted by Crippen LogP contribution is -2.18. The van der Waals surface area contributed by atoms with E-state index in [4.69, 9.17) is 21.7 Å². The highest BCUT2D eigenvalue weighted by molar-refractivity contribution is 7.81. The minimum atomic E-state index is -0.610. The van der Waals surface area contributed by atoms with Crippen LogP contribution in [0.3, 0.4) is 0 Å². The van der Waals surface area contributed by atoms with Gasteiger partial charge in [0.25, 0.3) is 0 Å². The summed E-state index contributed by atoms with van der Waals surface area (Å²) in [6.45, 7) is 0. The molecule has 1 aliphatic rings. The highest BCUT2D eigenvalue weighted by Crippen LogP contribution is 2.58. The lowest BCUT2D eigenvalue weighted by atomic mass is 9.84. The molecule has 3 aromatic carbocycles. The molecule has 0 spiro atoms. The molecule has 0 aromatic heterocycles. The van der Waals surface area contributed by atoms with E-state index in [2.05, 4.69) is 0 Å². The summed E-state index contributed by atoms with van der Waals surface area (Å²) in [4.78, 5) is 14.4. The van der Waals surface area contributed by atoms with Crippen LogP contribution in [0.1, 0.15) is 21.5 Å². The first kappa shape index (κ1) is 18.4. The van der Waals surface area contributed by atoms with Crippen LogP contribution in [0.25, 0.3) is 0 Å². The summed E-state index contributed by atoms with van der Waals surface area (Å²) in [5.41, 5.74) is 1.88. The van der Waals surface area contributed by atoms with Gasteiger partial charge in [-0.15, -0.1) is 0 Å². The summed E-state index contributed by atoms with van der Waals surface area (Å²) in [5.74, 6) is 0.465. The van der Waals surface area contributed by atoms with Crippen molar-refractivity contribution in [1.29, 1.82) is 0 Å². The normalized spacial score (nSPS) is 17.1. The number of hydrogen-bond acceptors (Lipinski definition) is 4. The molecule has 28 heavy (non-hydrogen) atoms. The third-order valence-corrected chi connectivity index (χ3v) is 5.95. The Bertz CT molecular complexity index is 966. The van der Waals surface area contributed by atoms with Gasteiger partial charge in [-0.2, -0.15) is 0 Å². The highest BCUT2D eigenvalue weighted by Gasteiger charge is 2.66. The molecule has 3 aromatic rings. The Morgan fingerprint density at radius 3 is 1.68 bits per heavy atom. The Kier molecular flexibility index (Phi) is 4.73. The van der Waals surface area contributed by atoms with Gasteiger partial charge in [-0.05, 0) is 23.3 Å². The molecular formula is C24H20O3S. The number of rotatable bonds is 6. The van der Waals surface area contributed by atoms with E-state index >= 15 is 0 Å². The molecule has 140 valence electrons. The maximum absolute atomic E-state index is 13.7. The number of ether oxygens (including phenoxy) is 2. The zero-order valence-electron chi connectivity index (χ0n) is 15.7. The predicted octanol–water partition coefficient (Wildman–Crippen LogP) is 4.87. The van der Waals surface area contributed by atoms with E-state index in [1.54, 1.807) is 32.4 Å². The van der Waals surface area contributed by atoms with Crippen LogP contribution in [-0.4, -0.2) is 24.9 Å². The van der Waals surface area contributed by atoms with Gasteiger partial charge in [0.2, 0.25) is 0 Å². The third-order valence-electron chi connectivity index (χ3n) is 5.40. The summed E-state index contributed by atoms with van der Waals surface area (Å²) in [5, 5.41) is 0. The first-order valence-corrected chi connectivity index (χ1v) is 9.47. The van der Waals surface area contributed by atoms with E-state index in [1.807, 2.05) is 60.7 Å². The molecule has 0 radical (unpaired) electrons. The van der Waals surface area contributed by atoms with Crippen LogP contribution in [-0.2, 0) is 5.41 Å². The maximum Gasteiger partial charge on any atom is 0.179 e. The Balaban J connectivity index is 1.88. The monoisotopic (exact) mass is 388 g/mol. The molecule has 0 heterocycles. The van der Waals surface area contributed by atoms with Crippen LogP contribution in [0.15, 0.2) is 78.9 Å². The van der Waals surface area contributed by atoms with Gasteiger partial charge in [0.1, 0.15) is 17.1 Å². The molecule has 0 amide bonds. The number of ketones is 1. The van der Waals surface area contributed by atoms with Crippen molar-refractivity contribution in [2.24, 2.45) is 5.92 Å². The zero-order valence-corrected chi connectivity index (χ0v) is 16.5. The number of Topliss-reactive ketones (excluding diaryl/α,β-unsaturated/α-hetero) is 1. The molecule has 0 aliphatic heterocycles. The summed E-state index contributed by atoms with van der Waals surface area (Å²) < 4.78 is 10.9. The summed E-state index contributed by atoms with van der Waals surface area (Å²) in [6.07, 6.45) is 0. The summed E-state index contributed by atoms with van der Waals surface area (Å²) in [7, 11) is 3.11. The van der Waals surface area contributed by atoms with Crippen LogP contribution >= 0.6 is 12.2 Å². The highest BCUT2D eigenvalue weighted by atomic mass is 32.1. The van der Waals surface area contributed by atoms with Crippen LogP contribution in [0.5, 0.6) is 11.5 Å². The molecule has 1 unspecified atom stereocenters. The Hall–Kier alpha value is -2.98. The molecule has 0 bridgehead atoms. The van der Waals surface area contributed by atoms with Gasteiger partial charge in [0, 0.05) is 4.86 Å². The fourth-order valence-corrected chi connectivity index (χ4v) is 4.62. The minimum Gasteiger partial charge on any atom is -0.496 e. The number of hydrogen-bond donors (Lipinski definition) is 0. The van der Waals surface area contributed by atoms with Gasteiger partial charge >= 0.3 is 0 Å². The number of thiocarbonyl (C=S) groups is 1. The lowest BCUT2D eigenvalue weighted by molar-refractivity contribution is 0.0960. The van der Waals surface area contributed by atoms with Crippen LogP contribution in [0.4, 0.5) is 0 Å². The second-order valence-electron chi connectivity index (χ2n) is 6.74. The van der Waals surface area contributed by atoms with E-state index < -0.39 is 11.3 Å². The second kappa shape index (κ2) is 7.21. The van der Waals surface area contributed by atoms with Crippen molar-refractivity contribution < 1.29 is 14.3 Å². The van der Waals surface area contributed by atoms with Gasteiger partial charge in [-0.25, -0.2) is 0 Å². The third kappa shape index (κ3) is 2.64. The average Bonchev–Trinajstić information content (AvgIpc) is 3.39. The van der Waals surface area contributed by atoms with E-state index in [9.17, 15) is 4.79 Å². The molecule has 1 saturated carbocycles. The molecule has 0 N–H and O–H groups in total. The molecule has 1 fully saturated rings. The first-order chi connectivity index (χ1) is 13.7. The molecule has 4 rings (SSSR count). The van der Waals surface area contributed by atoms with Crippen LogP contribution in [0, 0.1) is 5.92 Å². The lowest BCUT2D eigenvalue weighted by Gasteiger charge is -2.18. The first-order valence-electron chi connectivity index (χ1n) is 9.06. The second-order valence-corrected chi connectivity index (χ2v) is 7.18. The van der Waals surface area contributed by atoms with Crippen molar-refractivity contribution in [3.8, 4) is 11.5 Å². The van der Waals surface area contributed by atoms with Crippen LogP contribution < -0.4 is 9.47 Å². The standard InChI is InChI=1S/C24H20O3S/c1-26-18-14-9-15-19(27-2)20(18)22(25)21-23(28)24(21,16-10-5-3-6-11-16)17-12-7-4-8-13-17/h3-15,21H,1-2H3. The Labute approximate surface area is 169 Å². The molecular weight excluding hydrogens is 368 g/mol. The van der Waals surface area contributed by atoms with Crippen molar-refractivity contribution in [3.05, 3.63) is 95.6 Å². The van der Waals surface area contributed by atoms with Crippen molar-refractivity contribution in [2.45, 2.75) is 5.41 Å². The van der Waals surface area contributed by atoms with Gasteiger partial charge in [0.15, 0.2) is 5.78 Å². The summed E-state index contributed by atoms with van der Waals surface area (Å²) in [6, 6.07) is 25.3. The topological polar surface area (TPSA) is 35.5 Å². The molecule has 1 atom stereocenters. The maximum atomic E-state index is 13.7. The number of benzene rings is 3. The van der Waals surface area contributed by atoms with Crippen molar-refractivity contribution >= 4 is 22.9 Å². The predicted molar refractivity (Wildman–Crippen MR) is 114 cm³/mol. The van der Waals surface area contributed by atoms with E-state index in [0.29, 0.717) is 17.1 Å². The number of carbonyl (C=O) groups excluding carboxylic acids is 1. The van der Waals surface area contributed by atoms with Gasteiger partial charge < -0.3 is 9.47 Å². The van der Waals surface area contributed by atoms with Gasteiger partial charge in [-0.1, -0.05) is 78.9 Å². The average molecular weight is 388 g/mol. The zero-order chi connectivity index (χ0) is 19.7. The van der Waals surface area contributed by atoms with E-state index in [-0.39, 0.29) is 5.78 Å². The fourth-order valence-electron chi connectivity index (χ4n) is 4.04. The molecule has 3 nitrogen and oxygen atoms in total. The van der Waals surface area contributed by atoms with Crippen molar-refractivity contribution in [3.63, 3.8) is 0 Å². The van der Waals surface area contributed by atoms with Crippen LogP contribution in [0.2, 0.25) is 0 Å². The van der Waals surface area contributed by atoms with Gasteiger partial charge in [-0.3, -0.25) is 4.79 Å². The molecule has 0 saturated heterocycles. The minimum absolute atomic E-state index is 0.0768. The fraction of sp³-hybridized carbons (Fsp3) is 0.167. The van der Waals surface area contributed by atoms with Crippen molar-refractivity contribution in [1.82, 2.24) is 0 Å². The number of carbonyl (C=O) groups is 1. The van der Waals surface area contributed by atoms with Crippen molar-refractivity contribution in [2.75, 3.05) is 14.2 Å². The van der Waals surface area contributed by atoms with E-state index in [1.165, 1.54) is 0 Å². The molecule has 4 heteroatoms. The number of methoxy groups -OCH3 is 2. The Morgan fingerprint density at radius 2 is 1.25 bits per heavy atom. The summed E-state index contributed by atoms with van der Waals surface area (Å²) >= 11 is 5.80. The molecule has 1 aliphatic carbocycles. The van der Waals surface area contributed by atoms with Gasteiger partial charge in [0.05, 0.1) is 25.6 Å². The quantitative estimate of drug-likeness (QED) is 0.446. The Morgan fingerprint density at radius 1 is 0.786 bits per heavy atom. The van der Waals surface area contributed by atoms with E-state index in [0.717, 1.165) is 16.0 Å². The SMILES string of the molecule is COc1cccc(OC)c1C(=O)C1C(=S)C1(c1ccccc1)c1ccccc1.